The van der Waals surface area contributed by atoms with Gasteiger partial charge in [0.05, 0.1) is 6.54 Å². The molecule has 3 rings (SSSR count). The van der Waals surface area contributed by atoms with Crippen molar-refractivity contribution in [3.63, 3.8) is 0 Å². The third kappa shape index (κ3) is 3.69. The fourth-order valence-electron chi connectivity index (χ4n) is 3.40. The molecule has 1 aromatic carbocycles. The summed E-state index contributed by atoms with van der Waals surface area (Å²) in [7, 11) is 0. The molecular weight excluding hydrogens is 322 g/mol. The zero-order valence-electron chi connectivity index (χ0n) is 16.1. The van der Waals surface area contributed by atoms with Gasteiger partial charge in [-0.15, -0.1) is 0 Å². The van der Waals surface area contributed by atoms with Crippen LogP contribution in [0, 0.1) is 6.92 Å². The molecule has 1 fully saturated rings. The molecule has 1 aromatic heterocycles. The van der Waals surface area contributed by atoms with E-state index in [9.17, 15) is 5.11 Å². The van der Waals surface area contributed by atoms with E-state index in [1.54, 1.807) is 13.8 Å². The van der Waals surface area contributed by atoms with E-state index in [4.69, 9.17) is 4.42 Å². The Labute approximate surface area is 156 Å². The second-order valence-electron chi connectivity index (χ2n) is 7.60. The Morgan fingerprint density at radius 3 is 2.35 bits per heavy atom. The summed E-state index contributed by atoms with van der Waals surface area (Å²) in [5.41, 5.74) is 2.59. The molecule has 1 N–H and O–H groups in total. The Morgan fingerprint density at radius 2 is 1.77 bits per heavy atom. The highest BCUT2D eigenvalue weighted by Crippen LogP contribution is 2.37. The molecule has 0 spiro atoms. The van der Waals surface area contributed by atoms with E-state index in [1.165, 1.54) is 24.0 Å². The Kier molecular flexibility index (Phi) is 5.22. The van der Waals surface area contributed by atoms with Crippen molar-refractivity contribution in [3.8, 4) is 0 Å². The van der Waals surface area contributed by atoms with Gasteiger partial charge in [0.15, 0.2) is 5.60 Å². The summed E-state index contributed by atoms with van der Waals surface area (Å²) in [6.07, 6.45) is 2.47. The quantitative estimate of drug-likeness (QED) is 0.673. The van der Waals surface area contributed by atoms with Gasteiger partial charge in [-0.3, -0.25) is 4.90 Å². The van der Waals surface area contributed by atoms with Crippen molar-refractivity contribution in [2.75, 3.05) is 0 Å². The fraction of sp³-hybridized carbons (Fsp3) is 0.391. The minimum Gasteiger partial charge on any atom is -0.461 e. The van der Waals surface area contributed by atoms with Crippen molar-refractivity contribution < 1.29 is 9.52 Å². The van der Waals surface area contributed by atoms with Crippen molar-refractivity contribution >= 4 is 0 Å². The van der Waals surface area contributed by atoms with E-state index in [1.807, 2.05) is 12.1 Å². The van der Waals surface area contributed by atoms with Gasteiger partial charge < -0.3 is 9.52 Å². The maximum atomic E-state index is 11.0. The van der Waals surface area contributed by atoms with E-state index in [0.717, 1.165) is 18.8 Å². The summed E-state index contributed by atoms with van der Waals surface area (Å²) in [6, 6.07) is 12.9. The van der Waals surface area contributed by atoms with Crippen LogP contribution in [0.2, 0.25) is 0 Å². The van der Waals surface area contributed by atoms with Crippen molar-refractivity contribution in [2.45, 2.75) is 58.3 Å². The van der Waals surface area contributed by atoms with Crippen LogP contribution in [0.15, 0.2) is 65.1 Å². The molecule has 1 aliphatic rings. The summed E-state index contributed by atoms with van der Waals surface area (Å²) in [6.45, 7) is 15.2. The number of aryl methyl sites for hydroxylation is 1. The minimum absolute atomic E-state index is 0.499. The van der Waals surface area contributed by atoms with Crippen LogP contribution in [0.25, 0.3) is 0 Å². The predicted octanol–water partition coefficient (Wildman–Crippen LogP) is 5.09. The minimum atomic E-state index is -1.31. The van der Waals surface area contributed by atoms with E-state index in [-0.39, 0.29) is 0 Å². The number of hydrogen-bond acceptors (Lipinski definition) is 3. The number of furan rings is 1. The molecular formula is C23H29NO2. The zero-order valence-corrected chi connectivity index (χ0v) is 16.1. The van der Waals surface area contributed by atoms with Gasteiger partial charge in [0.2, 0.25) is 0 Å². The van der Waals surface area contributed by atoms with Crippen molar-refractivity contribution in [2.24, 2.45) is 0 Å². The summed E-state index contributed by atoms with van der Waals surface area (Å²) < 4.78 is 6.03. The van der Waals surface area contributed by atoms with Gasteiger partial charge in [-0.05, 0) is 68.0 Å². The van der Waals surface area contributed by atoms with Crippen molar-refractivity contribution in [1.29, 1.82) is 0 Å². The van der Waals surface area contributed by atoms with Gasteiger partial charge in [0.25, 0.3) is 0 Å². The van der Waals surface area contributed by atoms with Gasteiger partial charge in [0.1, 0.15) is 11.5 Å². The van der Waals surface area contributed by atoms with Crippen LogP contribution in [-0.2, 0) is 18.7 Å². The number of hydrogen-bond donors (Lipinski definition) is 1. The third-order valence-electron chi connectivity index (χ3n) is 5.31. The highest BCUT2D eigenvalue weighted by Gasteiger charge is 2.35. The largest absolute Gasteiger partial charge is 0.461 e. The topological polar surface area (TPSA) is 36.6 Å². The average molecular weight is 351 g/mol. The normalized spacial score (nSPS) is 14.7. The second-order valence-corrected chi connectivity index (χ2v) is 7.60. The predicted molar refractivity (Wildman–Crippen MR) is 106 cm³/mol. The van der Waals surface area contributed by atoms with Crippen molar-refractivity contribution in [1.82, 2.24) is 4.90 Å². The maximum Gasteiger partial charge on any atom is 0.163 e. The molecule has 26 heavy (non-hydrogen) atoms. The first kappa shape index (κ1) is 18.7. The van der Waals surface area contributed by atoms with Crippen LogP contribution in [0.3, 0.4) is 0 Å². The number of nitrogens with zero attached hydrogens (tertiary/aromatic N) is 1. The van der Waals surface area contributed by atoms with Crippen LogP contribution in [0.4, 0.5) is 0 Å². The molecule has 0 aliphatic heterocycles. The fourth-order valence-corrected chi connectivity index (χ4v) is 3.40. The molecule has 0 saturated heterocycles. The van der Waals surface area contributed by atoms with Crippen LogP contribution in [0.1, 0.15) is 49.3 Å². The smallest absolute Gasteiger partial charge is 0.163 e. The molecule has 1 aliphatic carbocycles. The number of benzene rings is 1. The monoisotopic (exact) mass is 351 g/mol. The first-order chi connectivity index (χ1) is 12.3. The van der Waals surface area contributed by atoms with E-state index < -0.39 is 5.60 Å². The lowest BCUT2D eigenvalue weighted by Gasteiger charge is -2.27. The Hall–Kier alpha value is -2.10. The average Bonchev–Trinajstić information content (AvgIpc) is 3.34. The lowest BCUT2D eigenvalue weighted by molar-refractivity contribution is 0.0876. The number of aliphatic hydroxyl groups is 1. The van der Waals surface area contributed by atoms with Crippen LogP contribution in [0.5, 0.6) is 0 Å². The molecule has 2 aromatic rings. The summed E-state index contributed by atoms with van der Waals surface area (Å²) in [5.74, 6) is 1.36. The van der Waals surface area contributed by atoms with Gasteiger partial charge in [-0.2, -0.15) is 0 Å². The third-order valence-corrected chi connectivity index (χ3v) is 5.31. The standard InChI is InChI=1S/C23H29NO2/c1-16(2)23(25,17(3)4)22-13-12-21(26-22)15-24(20-10-11-20)14-19-9-7-6-8-18(19)5/h6-9,12-13,20,25H,1,3,10-11,14-15H2,2,4-5H3. The second kappa shape index (κ2) is 7.26. The highest BCUT2D eigenvalue weighted by molar-refractivity contribution is 5.35. The summed E-state index contributed by atoms with van der Waals surface area (Å²) >= 11 is 0. The summed E-state index contributed by atoms with van der Waals surface area (Å²) in [5, 5.41) is 11.0. The molecule has 0 unspecified atom stereocenters. The van der Waals surface area contributed by atoms with E-state index in [0.29, 0.717) is 22.9 Å². The zero-order chi connectivity index (χ0) is 18.9. The highest BCUT2D eigenvalue weighted by atomic mass is 16.4. The molecule has 138 valence electrons. The van der Waals surface area contributed by atoms with Gasteiger partial charge >= 0.3 is 0 Å². The summed E-state index contributed by atoms with van der Waals surface area (Å²) in [4.78, 5) is 2.46. The molecule has 0 bridgehead atoms. The maximum absolute atomic E-state index is 11.0. The van der Waals surface area contributed by atoms with Gasteiger partial charge in [-0.1, -0.05) is 37.4 Å². The van der Waals surface area contributed by atoms with Gasteiger partial charge in [0, 0.05) is 12.6 Å². The molecule has 0 atom stereocenters. The first-order valence-corrected chi connectivity index (χ1v) is 9.24. The molecule has 0 radical (unpaired) electrons. The van der Waals surface area contributed by atoms with Crippen LogP contribution >= 0.6 is 0 Å². The lowest BCUT2D eigenvalue weighted by Crippen LogP contribution is -2.27. The Bertz CT molecular complexity index is 799. The lowest BCUT2D eigenvalue weighted by atomic mass is 9.87. The molecule has 3 nitrogen and oxygen atoms in total. The Morgan fingerprint density at radius 1 is 1.12 bits per heavy atom. The van der Waals surface area contributed by atoms with E-state index in [2.05, 4.69) is 49.2 Å². The SMILES string of the molecule is C=C(C)C(O)(C(=C)C)c1ccc(CN(Cc2ccccc2C)C2CC2)o1. The molecule has 1 saturated carbocycles. The molecule has 0 amide bonds. The van der Waals surface area contributed by atoms with Crippen LogP contribution in [-0.4, -0.2) is 16.0 Å². The first-order valence-electron chi connectivity index (χ1n) is 9.24. The molecule has 1 heterocycles. The van der Waals surface area contributed by atoms with Crippen molar-refractivity contribution in [3.05, 3.63) is 83.3 Å². The Balaban J connectivity index is 1.79. The number of rotatable bonds is 8. The van der Waals surface area contributed by atoms with Gasteiger partial charge in [-0.25, -0.2) is 0 Å². The van der Waals surface area contributed by atoms with Crippen LogP contribution < -0.4 is 0 Å². The van der Waals surface area contributed by atoms with E-state index >= 15 is 0 Å². The molecule has 3 heteroatoms.